The molecule has 4 fully saturated rings. The van der Waals surface area contributed by atoms with E-state index in [4.69, 9.17) is 4.74 Å². The SMILES string of the molecule is CNC(=O)c1ccc2c(c1)CC[C@@H]2N1C(=O)[C@@H]2C[C@H]1CN2C[C@H](NC(=O)OC(C)(C)C)C(=O)N1[C@H](C#N)C[C@@H]2C[C@@H]21. The molecule has 6 rings (SSSR count). The number of alkyl carbamates (subject to hydrolysis) is 1. The molecule has 0 aromatic heterocycles. The number of hydrogen-bond acceptors (Lipinski definition) is 7. The lowest BCUT2D eigenvalue weighted by Gasteiger charge is -2.39. The molecule has 218 valence electrons. The first-order valence-electron chi connectivity index (χ1n) is 14.6. The van der Waals surface area contributed by atoms with Crippen molar-refractivity contribution in [1.29, 1.82) is 5.26 Å². The predicted octanol–water partition coefficient (Wildman–Crippen LogP) is 1.72. The number of nitrogens with one attached hydrogen (secondary N) is 2. The summed E-state index contributed by atoms with van der Waals surface area (Å²) in [6.07, 6.45) is 3.16. The van der Waals surface area contributed by atoms with Crippen LogP contribution in [0, 0.1) is 17.2 Å². The number of nitrogens with zero attached hydrogens (tertiary/aromatic N) is 4. The van der Waals surface area contributed by atoms with E-state index in [1.165, 1.54) is 0 Å². The minimum Gasteiger partial charge on any atom is -0.444 e. The lowest BCUT2D eigenvalue weighted by Crippen LogP contribution is -2.59. The van der Waals surface area contributed by atoms with E-state index in [0.29, 0.717) is 30.9 Å². The zero-order valence-electron chi connectivity index (χ0n) is 24.1. The number of carbonyl (C=O) groups excluding carboxylic acids is 4. The van der Waals surface area contributed by atoms with Gasteiger partial charge < -0.3 is 25.2 Å². The van der Waals surface area contributed by atoms with Crippen LogP contribution in [0.15, 0.2) is 18.2 Å². The largest absolute Gasteiger partial charge is 0.444 e. The predicted molar refractivity (Wildman–Crippen MR) is 147 cm³/mol. The second-order valence-electron chi connectivity index (χ2n) is 13.0. The minimum atomic E-state index is -0.920. The van der Waals surface area contributed by atoms with Gasteiger partial charge >= 0.3 is 6.09 Å². The standard InChI is InChI=1S/C30H38N6O5/c1-30(2,3)41-29(40)33-22(27(38)35-19(13-31)10-18-11-24(18)35)15-34-14-20-12-25(34)28(39)36(20)23-8-6-16-9-17(26(37)32-4)5-7-21(16)23/h5,7,9,18-20,22-25H,6,8,10-12,14-15H2,1-4H3,(H,32,37)(H,33,40)/t18-,19+,20+,22+,23+,24+,25+/m1/s1. The third-order valence-electron chi connectivity index (χ3n) is 9.24. The second kappa shape index (κ2) is 10.0. The summed E-state index contributed by atoms with van der Waals surface area (Å²) in [4.78, 5) is 58.1. The first-order chi connectivity index (χ1) is 19.5. The van der Waals surface area contributed by atoms with Crippen LogP contribution in [0.25, 0.3) is 0 Å². The number of fused-ring (bicyclic) bond motifs is 4. The monoisotopic (exact) mass is 562 g/mol. The average molecular weight is 563 g/mol. The number of rotatable bonds is 6. The Hall–Kier alpha value is -3.65. The van der Waals surface area contributed by atoms with Gasteiger partial charge in [-0.2, -0.15) is 5.26 Å². The maximum Gasteiger partial charge on any atom is 0.408 e. The molecule has 1 aromatic carbocycles. The fourth-order valence-corrected chi connectivity index (χ4v) is 7.41. The maximum absolute atomic E-state index is 13.8. The van der Waals surface area contributed by atoms with E-state index in [9.17, 15) is 24.4 Å². The van der Waals surface area contributed by atoms with Crippen LogP contribution in [-0.2, 0) is 20.7 Å². The number of ether oxygens (including phenoxy) is 1. The van der Waals surface area contributed by atoms with Crippen molar-refractivity contribution in [3.8, 4) is 6.07 Å². The molecule has 0 radical (unpaired) electrons. The summed E-state index contributed by atoms with van der Waals surface area (Å²) in [6, 6.07) is 6.21. The van der Waals surface area contributed by atoms with Gasteiger partial charge in [-0.3, -0.25) is 19.3 Å². The van der Waals surface area contributed by atoms with Crippen LogP contribution in [-0.4, -0.2) is 94.5 Å². The summed E-state index contributed by atoms with van der Waals surface area (Å²) >= 11 is 0. The molecule has 3 heterocycles. The van der Waals surface area contributed by atoms with Gasteiger partial charge in [-0.05, 0) is 82.1 Å². The van der Waals surface area contributed by atoms with E-state index in [0.717, 1.165) is 30.4 Å². The molecular formula is C30H38N6O5. The van der Waals surface area contributed by atoms with Gasteiger partial charge in [0, 0.05) is 37.8 Å². The molecule has 1 aromatic rings. The number of aryl methyl sites for hydroxylation is 1. The van der Waals surface area contributed by atoms with E-state index >= 15 is 0 Å². The van der Waals surface area contributed by atoms with Crippen LogP contribution in [0.3, 0.4) is 0 Å². The first kappa shape index (κ1) is 27.5. The van der Waals surface area contributed by atoms with Crippen LogP contribution < -0.4 is 10.6 Å². The first-order valence-corrected chi connectivity index (χ1v) is 14.6. The molecule has 1 saturated carbocycles. The Kier molecular flexibility index (Phi) is 6.72. The molecule has 11 nitrogen and oxygen atoms in total. The molecule has 2 N–H and O–H groups in total. The zero-order valence-corrected chi connectivity index (χ0v) is 24.1. The maximum atomic E-state index is 13.8. The van der Waals surface area contributed by atoms with Gasteiger partial charge in [0.1, 0.15) is 17.7 Å². The summed E-state index contributed by atoms with van der Waals surface area (Å²) in [6.45, 7) is 6.07. The third-order valence-corrected chi connectivity index (χ3v) is 9.24. The summed E-state index contributed by atoms with van der Waals surface area (Å²) in [5.74, 6) is -0.0163. The molecule has 3 aliphatic heterocycles. The Morgan fingerprint density at radius 2 is 1.95 bits per heavy atom. The van der Waals surface area contributed by atoms with Crippen molar-refractivity contribution in [1.82, 2.24) is 25.3 Å². The number of piperidine rings is 1. The van der Waals surface area contributed by atoms with Crippen molar-refractivity contribution >= 4 is 23.8 Å². The molecule has 41 heavy (non-hydrogen) atoms. The Morgan fingerprint density at radius 1 is 1.17 bits per heavy atom. The summed E-state index contributed by atoms with van der Waals surface area (Å²) in [5, 5.41) is 15.1. The number of likely N-dealkylation sites (tertiary alicyclic amines) is 3. The summed E-state index contributed by atoms with van der Waals surface area (Å²) in [5.41, 5.74) is 2.09. The van der Waals surface area contributed by atoms with Crippen molar-refractivity contribution in [2.24, 2.45) is 5.92 Å². The highest BCUT2D eigenvalue weighted by molar-refractivity contribution is 5.94. The highest BCUT2D eigenvalue weighted by atomic mass is 16.6. The number of piperazine rings is 1. The van der Waals surface area contributed by atoms with Crippen LogP contribution in [0.1, 0.15) is 74.0 Å². The smallest absolute Gasteiger partial charge is 0.408 e. The van der Waals surface area contributed by atoms with Crippen LogP contribution in [0.2, 0.25) is 0 Å². The zero-order chi connectivity index (χ0) is 29.2. The quantitative estimate of drug-likeness (QED) is 0.539. The topological polar surface area (TPSA) is 135 Å². The number of hydrogen-bond donors (Lipinski definition) is 2. The highest BCUT2D eigenvalue weighted by Crippen LogP contribution is 2.48. The molecule has 2 aliphatic carbocycles. The van der Waals surface area contributed by atoms with E-state index in [-0.39, 0.29) is 48.4 Å². The van der Waals surface area contributed by atoms with Gasteiger partial charge in [0.2, 0.25) is 11.8 Å². The molecule has 11 heteroatoms. The number of carbonyl (C=O) groups is 4. The lowest BCUT2D eigenvalue weighted by molar-refractivity contribution is -0.141. The Balaban J connectivity index is 1.17. The van der Waals surface area contributed by atoms with Gasteiger partial charge in [-0.1, -0.05) is 6.07 Å². The Bertz CT molecular complexity index is 1330. The van der Waals surface area contributed by atoms with Crippen molar-refractivity contribution in [2.75, 3.05) is 20.1 Å². The van der Waals surface area contributed by atoms with Crippen molar-refractivity contribution in [3.63, 3.8) is 0 Å². The van der Waals surface area contributed by atoms with Gasteiger partial charge in [-0.15, -0.1) is 0 Å². The van der Waals surface area contributed by atoms with Crippen LogP contribution in [0.4, 0.5) is 4.79 Å². The lowest BCUT2D eigenvalue weighted by atomic mass is 10.0. The average Bonchev–Trinajstić information content (AvgIpc) is 3.24. The number of amides is 4. The second-order valence-corrected chi connectivity index (χ2v) is 13.0. The molecule has 7 atom stereocenters. The molecule has 5 aliphatic rings. The Morgan fingerprint density at radius 3 is 2.63 bits per heavy atom. The van der Waals surface area contributed by atoms with Gasteiger partial charge in [0.05, 0.1) is 18.2 Å². The molecular weight excluding hydrogens is 524 g/mol. The van der Waals surface area contributed by atoms with E-state index in [2.05, 4.69) is 16.7 Å². The molecule has 0 spiro atoms. The van der Waals surface area contributed by atoms with Crippen LogP contribution >= 0.6 is 0 Å². The summed E-state index contributed by atoms with van der Waals surface area (Å²) < 4.78 is 5.46. The molecule has 4 amide bonds. The van der Waals surface area contributed by atoms with Gasteiger partial charge in [-0.25, -0.2) is 4.79 Å². The highest BCUT2D eigenvalue weighted by Gasteiger charge is 2.57. The normalized spacial score (nSPS) is 30.5. The molecule has 3 saturated heterocycles. The van der Waals surface area contributed by atoms with E-state index in [1.807, 2.05) is 28.0 Å². The summed E-state index contributed by atoms with van der Waals surface area (Å²) in [7, 11) is 1.61. The van der Waals surface area contributed by atoms with Gasteiger partial charge in [0.15, 0.2) is 0 Å². The van der Waals surface area contributed by atoms with Crippen LogP contribution in [0.5, 0.6) is 0 Å². The van der Waals surface area contributed by atoms with Crippen molar-refractivity contribution in [2.45, 2.75) is 94.7 Å². The van der Waals surface area contributed by atoms with Crippen molar-refractivity contribution < 1.29 is 23.9 Å². The molecule has 2 bridgehead atoms. The number of nitriles is 1. The van der Waals surface area contributed by atoms with E-state index < -0.39 is 23.8 Å². The number of benzene rings is 1. The minimum absolute atomic E-state index is 0.00537. The van der Waals surface area contributed by atoms with Crippen molar-refractivity contribution in [3.05, 3.63) is 34.9 Å². The fraction of sp³-hybridized carbons (Fsp3) is 0.633. The van der Waals surface area contributed by atoms with Gasteiger partial charge in [0.25, 0.3) is 5.91 Å². The van der Waals surface area contributed by atoms with E-state index in [1.54, 1.807) is 32.7 Å². The fourth-order valence-electron chi connectivity index (χ4n) is 7.41. The Labute approximate surface area is 240 Å². The third kappa shape index (κ3) is 4.92. The molecule has 0 unspecified atom stereocenters.